The normalized spacial score (nSPS) is 14.4. The predicted molar refractivity (Wildman–Crippen MR) is 181 cm³/mol. The highest BCUT2D eigenvalue weighted by Gasteiger charge is 2.34. The number of amides is 2. The third-order valence-electron chi connectivity index (χ3n) is 8.13. The minimum Gasteiger partial charge on any atom is -0.494 e. The molecule has 4 rings (SSSR count). The van der Waals surface area contributed by atoms with Gasteiger partial charge in [-0.15, -0.1) is 11.8 Å². The number of nitrogens with zero attached hydrogens (tertiary/aromatic N) is 2. The number of anilines is 1. The fourth-order valence-corrected chi connectivity index (χ4v) is 7.57. The van der Waals surface area contributed by atoms with E-state index >= 15 is 0 Å². The van der Waals surface area contributed by atoms with E-state index in [1.165, 1.54) is 11.8 Å². The lowest BCUT2D eigenvalue weighted by atomic mass is 9.95. The Bertz CT molecular complexity index is 1520. The molecule has 1 aliphatic carbocycles. The molecule has 2 amide bonds. The highest BCUT2D eigenvalue weighted by atomic mass is 32.2. The molecule has 0 saturated heterocycles. The van der Waals surface area contributed by atoms with Crippen molar-refractivity contribution in [2.24, 2.45) is 0 Å². The summed E-state index contributed by atoms with van der Waals surface area (Å²) in [4.78, 5) is 30.6. The molecule has 1 N–H and O–H groups in total. The second-order valence-electron chi connectivity index (χ2n) is 11.4. The van der Waals surface area contributed by atoms with Crippen LogP contribution < -0.4 is 14.4 Å². The van der Waals surface area contributed by atoms with Crippen molar-refractivity contribution >= 4 is 39.3 Å². The first-order valence-electron chi connectivity index (χ1n) is 15.7. The fourth-order valence-electron chi connectivity index (χ4n) is 5.75. The monoisotopic (exact) mass is 651 g/mol. The molecule has 1 saturated carbocycles. The fraction of sp³-hybridized carbons (Fsp3) is 0.429. The standard InChI is InChI=1S/C35H45N3O5S2/c1-5-33(35(40)36-28-13-8-7-9-14-28)37(24-27-12-10-11-26(3)23-27)34(39)25-38(29-15-17-30(18-16-29)43-6-2)45(41,42)32-21-19-31(44-4)20-22-32/h10-12,15-23,28,33H,5-9,13-14,24-25H2,1-4H3,(H,36,40). The molecule has 3 aromatic carbocycles. The molecule has 8 nitrogen and oxygen atoms in total. The molecule has 1 unspecified atom stereocenters. The minimum absolute atomic E-state index is 0.0781. The van der Waals surface area contributed by atoms with E-state index in [1.807, 2.05) is 51.3 Å². The van der Waals surface area contributed by atoms with Gasteiger partial charge in [0.25, 0.3) is 10.0 Å². The summed E-state index contributed by atoms with van der Waals surface area (Å²) < 4.78 is 35.1. The summed E-state index contributed by atoms with van der Waals surface area (Å²) in [6.45, 7) is 5.91. The average Bonchev–Trinajstić information content (AvgIpc) is 3.04. The van der Waals surface area contributed by atoms with Gasteiger partial charge in [-0.2, -0.15) is 0 Å². The molecule has 0 radical (unpaired) electrons. The van der Waals surface area contributed by atoms with Gasteiger partial charge in [0.1, 0.15) is 18.3 Å². The Kier molecular flexibility index (Phi) is 12.4. The van der Waals surface area contributed by atoms with Crippen LogP contribution in [-0.2, 0) is 26.2 Å². The van der Waals surface area contributed by atoms with Crippen LogP contribution in [0, 0.1) is 6.92 Å². The number of aryl methyl sites for hydroxylation is 1. The molecule has 0 spiro atoms. The van der Waals surface area contributed by atoms with Gasteiger partial charge in [0.2, 0.25) is 11.8 Å². The maximum absolute atomic E-state index is 14.4. The lowest BCUT2D eigenvalue weighted by Crippen LogP contribution is -2.54. The number of ether oxygens (including phenoxy) is 1. The van der Waals surface area contributed by atoms with Crippen LogP contribution in [0.15, 0.2) is 82.6 Å². The van der Waals surface area contributed by atoms with Crippen LogP contribution in [0.5, 0.6) is 5.75 Å². The summed E-state index contributed by atoms with van der Waals surface area (Å²) in [6, 6.07) is 20.4. The van der Waals surface area contributed by atoms with Gasteiger partial charge in [-0.05, 0) is 93.5 Å². The maximum atomic E-state index is 14.4. The number of sulfonamides is 1. The van der Waals surface area contributed by atoms with Gasteiger partial charge >= 0.3 is 0 Å². The molecule has 1 aliphatic rings. The number of thioether (sulfide) groups is 1. The molecule has 1 fully saturated rings. The second kappa shape index (κ2) is 16.2. The quantitative estimate of drug-likeness (QED) is 0.198. The average molecular weight is 652 g/mol. The van der Waals surface area contributed by atoms with Crippen LogP contribution in [0.1, 0.15) is 63.5 Å². The molecule has 10 heteroatoms. The third kappa shape index (κ3) is 9.04. The number of carbonyl (C=O) groups is 2. The lowest BCUT2D eigenvalue weighted by Gasteiger charge is -2.34. The first-order valence-corrected chi connectivity index (χ1v) is 18.4. The summed E-state index contributed by atoms with van der Waals surface area (Å²) in [6.07, 6.45) is 7.46. The first-order chi connectivity index (χ1) is 21.7. The van der Waals surface area contributed by atoms with Crippen molar-refractivity contribution in [1.82, 2.24) is 10.2 Å². The van der Waals surface area contributed by atoms with E-state index in [1.54, 1.807) is 53.4 Å². The largest absolute Gasteiger partial charge is 0.494 e. The van der Waals surface area contributed by atoms with Gasteiger partial charge in [-0.1, -0.05) is 56.0 Å². The van der Waals surface area contributed by atoms with Gasteiger partial charge in [-0.25, -0.2) is 8.42 Å². The minimum atomic E-state index is -4.15. The summed E-state index contributed by atoms with van der Waals surface area (Å²) in [5.41, 5.74) is 2.23. The maximum Gasteiger partial charge on any atom is 0.264 e. The zero-order chi connectivity index (χ0) is 32.4. The van der Waals surface area contributed by atoms with Crippen molar-refractivity contribution in [2.75, 3.05) is 23.7 Å². The highest BCUT2D eigenvalue weighted by Crippen LogP contribution is 2.28. The molecular formula is C35H45N3O5S2. The van der Waals surface area contributed by atoms with E-state index < -0.39 is 28.5 Å². The van der Waals surface area contributed by atoms with Gasteiger partial charge in [0.15, 0.2) is 0 Å². The molecule has 0 bridgehead atoms. The predicted octanol–water partition coefficient (Wildman–Crippen LogP) is 6.57. The molecule has 3 aromatic rings. The number of benzene rings is 3. The van der Waals surface area contributed by atoms with Crippen LogP contribution in [0.25, 0.3) is 0 Å². The van der Waals surface area contributed by atoms with E-state index in [2.05, 4.69) is 5.32 Å². The second-order valence-corrected chi connectivity index (χ2v) is 14.1. The van der Waals surface area contributed by atoms with Crippen LogP contribution >= 0.6 is 11.8 Å². The van der Waals surface area contributed by atoms with Gasteiger partial charge in [-0.3, -0.25) is 13.9 Å². The smallest absolute Gasteiger partial charge is 0.264 e. The topological polar surface area (TPSA) is 96.0 Å². The van der Waals surface area contributed by atoms with Gasteiger partial charge < -0.3 is 15.0 Å². The summed E-state index contributed by atoms with van der Waals surface area (Å²) in [7, 11) is -4.15. The van der Waals surface area contributed by atoms with E-state index in [0.29, 0.717) is 24.5 Å². The zero-order valence-electron chi connectivity index (χ0n) is 26.7. The van der Waals surface area contributed by atoms with E-state index in [4.69, 9.17) is 4.74 Å². The Morgan fingerprint density at radius 2 is 1.67 bits per heavy atom. The molecule has 45 heavy (non-hydrogen) atoms. The molecule has 242 valence electrons. The van der Waals surface area contributed by atoms with E-state index in [0.717, 1.165) is 52.4 Å². The Labute approximate surface area is 272 Å². The Morgan fingerprint density at radius 1 is 0.978 bits per heavy atom. The van der Waals surface area contributed by atoms with E-state index in [9.17, 15) is 18.0 Å². The summed E-state index contributed by atoms with van der Waals surface area (Å²) >= 11 is 1.52. The van der Waals surface area contributed by atoms with Gasteiger partial charge in [0.05, 0.1) is 17.2 Å². The van der Waals surface area contributed by atoms with Crippen LogP contribution in [0.2, 0.25) is 0 Å². The molecule has 0 heterocycles. The van der Waals surface area contributed by atoms with Crippen molar-refractivity contribution in [2.45, 2.75) is 87.7 Å². The van der Waals surface area contributed by atoms with Crippen LogP contribution in [-0.4, -0.2) is 56.6 Å². The van der Waals surface area contributed by atoms with Crippen molar-refractivity contribution < 1.29 is 22.7 Å². The number of carbonyl (C=O) groups excluding carboxylic acids is 2. The number of nitrogens with one attached hydrogen (secondary N) is 1. The molecule has 1 atom stereocenters. The molecular weight excluding hydrogens is 607 g/mol. The zero-order valence-corrected chi connectivity index (χ0v) is 28.3. The number of hydrogen-bond donors (Lipinski definition) is 1. The number of hydrogen-bond acceptors (Lipinski definition) is 6. The first kappa shape index (κ1) is 34.4. The van der Waals surface area contributed by atoms with E-state index in [-0.39, 0.29) is 23.4 Å². The van der Waals surface area contributed by atoms with Crippen molar-refractivity contribution in [3.05, 3.63) is 83.9 Å². The Morgan fingerprint density at radius 3 is 2.27 bits per heavy atom. The Hall–Kier alpha value is -3.50. The van der Waals surface area contributed by atoms with Crippen LogP contribution in [0.3, 0.4) is 0 Å². The SMILES string of the molecule is CCOc1ccc(N(CC(=O)N(Cc2cccc(C)c2)C(CC)C(=O)NC2CCCCC2)S(=O)(=O)c2ccc(SC)cc2)cc1. The lowest BCUT2D eigenvalue weighted by molar-refractivity contribution is -0.140. The summed E-state index contributed by atoms with van der Waals surface area (Å²) in [5, 5.41) is 3.19. The van der Waals surface area contributed by atoms with Gasteiger partial charge in [0, 0.05) is 17.5 Å². The third-order valence-corrected chi connectivity index (χ3v) is 10.7. The van der Waals surface area contributed by atoms with Crippen LogP contribution in [0.4, 0.5) is 5.69 Å². The molecule has 0 aliphatic heterocycles. The number of rotatable bonds is 14. The van der Waals surface area contributed by atoms with Crippen molar-refractivity contribution in [1.29, 1.82) is 0 Å². The summed E-state index contributed by atoms with van der Waals surface area (Å²) in [5.74, 6) is -0.0605. The highest BCUT2D eigenvalue weighted by molar-refractivity contribution is 7.98. The van der Waals surface area contributed by atoms with Crippen molar-refractivity contribution in [3.63, 3.8) is 0 Å². The Balaban J connectivity index is 1.71. The van der Waals surface area contributed by atoms with Crippen molar-refractivity contribution in [3.8, 4) is 5.75 Å². The molecule has 0 aromatic heterocycles.